The van der Waals surface area contributed by atoms with E-state index in [2.05, 4.69) is 66.5 Å². The summed E-state index contributed by atoms with van der Waals surface area (Å²) in [6.45, 7) is 3.14. The number of benzene rings is 2. The van der Waals surface area contributed by atoms with Crippen molar-refractivity contribution in [3.05, 3.63) is 48.3 Å². The Morgan fingerprint density at radius 3 is 2.61 bits per heavy atom. The number of ether oxygens (including phenoxy) is 1. The number of nitrogens with one attached hydrogen (secondary N) is 1. The molecule has 33 heavy (non-hydrogen) atoms. The molecule has 0 radical (unpaired) electrons. The smallest absolute Gasteiger partial charge is 0.142 e. The van der Waals surface area contributed by atoms with E-state index in [9.17, 15) is 0 Å². The molecule has 0 aliphatic heterocycles. The number of hydrogen-bond acceptors (Lipinski definition) is 6. The van der Waals surface area contributed by atoms with E-state index < -0.39 is 0 Å². The summed E-state index contributed by atoms with van der Waals surface area (Å²) in [5, 5.41) is 4.99. The van der Waals surface area contributed by atoms with Crippen molar-refractivity contribution in [2.24, 2.45) is 0 Å². The van der Waals surface area contributed by atoms with Gasteiger partial charge in [0.05, 0.1) is 18.3 Å². The standard InChI is InChI=1S/C27H35N5O/c1-5-31(2)19-15-16-21-20(17-19)27(30-26(28-21)18-13-14-18)29-22-9-8-11-23(22)32(3)24-10-6-7-12-25(24)33-4/h6-7,10,12,15-18,22-23H,5,8-9,11,13-14H2,1-4H3,(H,28,29,30). The minimum atomic E-state index is 0.317. The van der Waals surface area contributed by atoms with Crippen LogP contribution in [-0.4, -0.2) is 49.8 Å². The molecule has 0 saturated heterocycles. The Morgan fingerprint density at radius 1 is 1.03 bits per heavy atom. The van der Waals surface area contributed by atoms with Crippen molar-refractivity contribution in [3.8, 4) is 5.75 Å². The summed E-state index contributed by atoms with van der Waals surface area (Å²) >= 11 is 0. The van der Waals surface area contributed by atoms with Crippen LogP contribution in [0.5, 0.6) is 5.75 Å². The normalized spacial score (nSPS) is 20.1. The van der Waals surface area contributed by atoms with Gasteiger partial charge < -0.3 is 19.9 Å². The van der Waals surface area contributed by atoms with E-state index in [0.29, 0.717) is 18.0 Å². The minimum Gasteiger partial charge on any atom is -0.495 e. The lowest BCUT2D eigenvalue weighted by atomic mass is 10.1. The molecule has 2 aliphatic carbocycles. The lowest BCUT2D eigenvalue weighted by Gasteiger charge is -2.33. The topological polar surface area (TPSA) is 53.5 Å². The maximum Gasteiger partial charge on any atom is 0.142 e. The predicted octanol–water partition coefficient (Wildman–Crippen LogP) is 5.44. The van der Waals surface area contributed by atoms with E-state index in [1.54, 1.807) is 7.11 Å². The van der Waals surface area contributed by atoms with Gasteiger partial charge in [-0.05, 0) is 69.4 Å². The van der Waals surface area contributed by atoms with Crippen LogP contribution in [0.1, 0.15) is 50.8 Å². The fraction of sp³-hybridized carbons (Fsp3) is 0.481. The lowest BCUT2D eigenvalue weighted by molar-refractivity contribution is 0.413. The van der Waals surface area contributed by atoms with E-state index >= 15 is 0 Å². The molecule has 1 heterocycles. The molecule has 2 aromatic carbocycles. The summed E-state index contributed by atoms with van der Waals surface area (Å²) in [7, 11) is 6.06. The Balaban J connectivity index is 1.49. The summed E-state index contributed by atoms with van der Waals surface area (Å²) in [4.78, 5) is 14.6. The maximum absolute atomic E-state index is 5.65. The van der Waals surface area contributed by atoms with Crippen molar-refractivity contribution in [1.29, 1.82) is 0 Å². The second-order valence-corrected chi connectivity index (χ2v) is 9.45. The summed E-state index contributed by atoms with van der Waals surface area (Å²) < 4.78 is 5.65. The zero-order valence-corrected chi connectivity index (χ0v) is 20.2. The number of anilines is 3. The van der Waals surface area contributed by atoms with Crippen LogP contribution in [0.15, 0.2) is 42.5 Å². The van der Waals surface area contributed by atoms with Crippen molar-refractivity contribution in [2.75, 3.05) is 42.9 Å². The minimum absolute atomic E-state index is 0.317. The maximum atomic E-state index is 5.65. The summed E-state index contributed by atoms with van der Waals surface area (Å²) in [6, 6.07) is 15.5. The average Bonchev–Trinajstić information content (AvgIpc) is 3.61. The van der Waals surface area contributed by atoms with Gasteiger partial charge in [0, 0.05) is 49.7 Å². The first-order valence-electron chi connectivity index (χ1n) is 12.2. The molecule has 174 valence electrons. The van der Waals surface area contributed by atoms with E-state index in [1.165, 1.54) is 24.9 Å². The van der Waals surface area contributed by atoms with E-state index in [4.69, 9.17) is 14.7 Å². The largest absolute Gasteiger partial charge is 0.495 e. The molecule has 0 bridgehead atoms. The molecule has 2 unspecified atom stereocenters. The molecular formula is C27H35N5O. The third-order valence-electron chi connectivity index (χ3n) is 7.32. The highest BCUT2D eigenvalue weighted by Gasteiger charge is 2.33. The van der Waals surface area contributed by atoms with Crippen LogP contribution >= 0.6 is 0 Å². The van der Waals surface area contributed by atoms with Crippen molar-refractivity contribution in [3.63, 3.8) is 0 Å². The molecule has 0 amide bonds. The van der Waals surface area contributed by atoms with Crippen LogP contribution in [-0.2, 0) is 0 Å². The van der Waals surface area contributed by atoms with Gasteiger partial charge in [0.15, 0.2) is 0 Å². The molecule has 2 fully saturated rings. The van der Waals surface area contributed by atoms with Crippen LogP contribution < -0.4 is 19.9 Å². The van der Waals surface area contributed by atoms with Gasteiger partial charge in [-0.2, -0.15) is 0 Å². The molecule has 1 N–H and O–H groups in total. The number of nitrogens with zero attached hydrogens (tertiary/aromatic N) is 4. The first-order valence-corrected chi connectivity index (χ1v) is 12.2. The molecule has 3 aromatic rings. The van der Waals surface area contributed by atoms with Gasteiger partial charge in [-0.1, -0.05) is 12.1 Å². The highest BCUT2D eigenvalue weighted by molar-refractivity contribution is 5.92. The lowest BCUT2D eigenvalue weighted by Crippen LogP contribution is -2.42. The van der Waals surface area contributed by atoms with Crippen LogP contribution in [0.4, 0.5) is 17.2 Å². The SMILES string of the molecule is CCN(C)c1ccc2nc(C3CC3)nc(NC3CCCC3N(C)c3ccccc3OC)c2c1. The van der Waals surface area contributed by atoms with Crippen molar-refractivity contribution < 1.29 is 4.74 Å². The third-order valence-corrected chi connectivity index (χ3v) is 7.32. The number of para-hydroxylation sites is 2. The van der Waals surface area contributed by atoms with Crippen LogP contribution in [0.3, 0.4) is 0 Å². The second kappa shape index (κ2) is 9.08. The molecule has 0 spiro atoms. The van der Waals surface area contributed by atoms with Gasteiger partial charge >= 0.3 is 0 Å². The fourth-order valence-electron chi connectivity index (χ4n) is 5.04. The molecule has 6 nitrogen and oxygen atoms in total. The molecular weight excluding hydrogens is 410 g/mol. The molecule has 1 aromatic heterocycles. The Labute approximate surface area is 197 Å². The summed E-state index contributed by atoms with van der Waals surface area (Å²) in [5.41, 5.74) is 3.37. The quantitative estimate of drug-likeness (QED) is 0.498. The van der Waals surface area contributed by atoms with Gasteiger partial charge in [0.2, 0.25) is 0 Å². The Morgan fingerprint density at radius 2 is 1.85 bits per heavy atom. The number of rotatable bonds is 8. The first kappa shape index (κ1) is 21.8. The van der Waals surface area contributed by atoms with E-state index in [-0.39, 0.29) is 0 Å². The number of likely N-dealkylation sites (N-methyl/N-ethyl adjacent to an activating group) is 1. The van der Waals surface area contributed by atoms with Crippen LogP contribution in [0, 0.1) is 0 Å². The van der Waals surface area contributed by atoms with E-state index in [1.807, 2.05) is 12.1 Å². The molecule has 2 saturated carbocycles. The number of fused-ring (bicyclic) bond motifs is 1. The molecule has 2 atom stereocenters. The van der Waals surface area contributed by atoms with Gasteiger partial charge in [-0.25, -0.2) is 9.97 Å². The molecule has 5 rings (SSSR count). The second-order valence-electron chi connectivity index (χ2n) is 9.45. The van der Waals surface area contributed by atoms with Crippen LogP contribution in [0.25, 0.3) is 10.9 Å². The number of hydrogen-bond donors (Lipinski definition) is 1. The average molecular weight is 446 g/mol. The van der Waals surface area contributed by atoms with Gasteiger partial charge in [-0.3, -0.25) is 0 Å². The van der Waals surface area contributed by atoms with Gasteiger partial charge in [0.25, 0.3) is 0 Å². The predicted molar refractivity (Wildman–Crippen MR) is 137 cm³/mol. The summed E-state index contributed by atoms with van der Waals surface area (Å²) in [6.07, 6.45) is 5.87. The molecule has 2 aliphatic rings. The monoisotopic (exact) mass is 445 g/mol. The zero-order valence-electron chi connectivity index (χ0n) is 20.2. The van der Waals surface area contributed by atoms with Gasteiger partial charge in [0.1, 0.15) is 17.4 Å². The zero-order chi connectivity index (χ0) is 22.9. The Bertz CT molecular complexity index is 1130. The summed E-state index contributed by atoms with van der Waals surface area (Å²) in [5.74, 6) is 3.41. The third kappa shape index (κ3) is 4.31. The fourth-order valence-corrected chi connectivity index (χ4v) is 5.04. The van der Waals surface area contributed by atoms with E-state index in [0.717, 1.165) is 53.4 Å². The first-order chi connectivity index (χ1) is 16.1. The van der Waals surface area contributed by atoms with Crippen molar-refractivity contribution in [2.45, 2.75) is 57.0 Å². The van der Waals surface area contributed by atoms with Gasteiger partial charge in [-0.15, -0.1) is 0 Å². The number of methoxy groups -OCH3 is 1. The molecule has 6 heteroatoms. The number of aromatic nitrogens is 2. The van der Waals surface area contributed by atoms with Crippen molar-refractivity contribution >= 4 is 28.1 Å². The highest BCUT2D eigenvalue weighted by atomic mass is 16.5. The Kier molecular flexibility index (Phi) is 6.00. The van der Waals surface area contributed by atoms with Crippen LogP contribution in [0.2, 0.25) is 0 Å². The Hall–Kier alpha value is -3.02. The van der Waals surface area contributed by atoms with Crippen molar-refractivity contribution in [1.82, 2.24) is 9.97 Å². The highest BCUT2D eigenvalue weighted by Crippen LogP contribution is 2.40.